The molecule has 0 spiro atoms. The van der Waals surface area contributed by atoms with Crippen LogP contribution in [0.4, 0.5) is 0 Å². The van der Waals surface area contributed by atoms with E-state index in [0.29, 0.717) is 26.3 Å². The first kappa shape index (κ1) is 22.2. The minimum atomic E-state index is 0. The lowest BCUT2D eigenvalue weighted by atomic mass is 10.1. The van der Waals surface area contributed by atoms with Crippen LogP contribution in [0.1, 0.15) is 16.7 Å². The molecule has 1 aromatic carbocycles. The molecular weight excluding hydrogens is 445 g/mol. The molecule has 0 radical (unpaired) electrons. The van der Waals surface area contributed by atoms with E-state index in [1.807, 2.05) is 25.5 Å². The largest absolute Gasteiger partial charge is 0.491 e. The summed E-state index contributed by atoms with van der Waals surface area (Å²) in [4.78, 5) is 4.25. The average molecular weight is 473 g/mol. The standard InChI is InChI=1S/C18H27N5O2.HI/c1-14-5-6-16(17(9-14)25-8-7-24-4)12-21-18(19-2)20-10-15-11-22-23(3)13-15;/h5-6,9,11,13H,7-8,10,12H2,1-4H3,(H2,19,20,21);1H. The Labute approximate surface area is 172 Å². The molecule has 0 aliphatic carbocycles. The second kappa shape index (κ2) is 11.7. The van der Waals surface area contributed by atoms with E-state index >= 15 is 0 Å². The minimum absolute atomic E-state index is 0. The summed E-state index contributed by atoms with van der Waals surface area (Å²) >= 11 is 0. The monoisotopic (exact) mass is 473 g/mol. The van der Waals surface area contributed by atoms with E-state index in [9.17, 15) is 0 Å². The summed E-state index contributed by atoms with van der Waals surface area (Å²) in [7, 11) is 5.32. The van der Waals surface area contributed by atoms with E-state index in [1.165, 1.54) is 0 Å². The Morgan fingerprint density at radius 3 is 2.65 bits per heavy atom. The second-order valence-electron chi connectivity index (χ2n) is 5.75. The molecule has 1 aromatic heterocycles. The van der Waals surface area contributed by atoms with E-state index in [-0.39, 0.29) is 24.0 Å². The Morgan fingerprint density at radius 1 is 1.23 bits per heavy atom. The third kappa shape index (κ3) is 7.20. The quantitative estimate of drug-likeness (QED) is 0.266. The van der Waals surface area contributed by atoms with Crippen molar-refractivity contribution < 1.29 is 9.47 Å². The van der Waals surface area contributed by atoms with E-state index in [2.05, 4.69) is 39.8 Å². The van der Waals surface area contributed by atoms with Crippen molar-refractivity contribution in [2.24, 2.45) is 12.0 Å². The van der Waals surface area contributed by atoms with Gasteiger partial charge in [-0.3, -0.25) is 9.67 Å². The normalized spacial score (nSPS) is 11.0. The Kier molecular flexibility index (Phi) is 10.0. The Bertz CT molecular complexity index is 703. The topological polar surface area (TPSA) is 72.7 Å². The maximum atomic E-state index is 5.82. The van der Waals surface area contributed by atoms with Crippen LogP contribution in [-0.2, 0) is 24.9 Å². The number of hydrogen-bond acceptors (Lipinski definition) is 4. The van der Waals surface area contributed by atoms with Gasteiger partial charge in [0.1, 0.15) is 12.4 Å². The molecule has 0 saturated heterocycles. The van der Waals surface area contributed by atoms with Crippen molar-refractivity contribution in [1.82, 2.24) is 20.4 Å². The number of aromatic nitrogens is 2. The van der Waals surface area contributed by atoms with Gasteiger partial charge in [0.2, 0.25) is 0 Å². The molecule has 0 amide bonds. The number of aliphatic imine (C=N–C) groups is 1. The number of nitrogens with zero attached hydrogens (tertiary/aromatic N) is 3. The summed E-state index contributed by atoms with van der Waals surface area (Å²) in [6, 6.07) is 6.18. The zero-order valence-electron chi connectivity index (χ0n) is 15.8. The van der Waals surface area contributed by atoms with E-state index in [4.69, 9.17) is 9.47 Å². The van der Waals surface area contributed by atoms with Crippen LogP contribution in [-0.4, -0.2) is 43.1 Å². The second-order valence-corrected chi connectivity index (χ2v) is 5.75. The highest BCUT2D eigenvalue weighted by Crippen LogP contribution is 2.20. The lowest BCUT2D eigenvalue weighted by Gasteiger charge is -2.15. The molecule has 144 valence electrons. The fraction of sp³-hybridized carbons (Fsp3) is 0.444. The number of aryl methyl sites for hydroxylation is 2. The van der Waals surface area contributed by atoms with Gasteiger partial charge in [-0.2, -0.15) is 5.10 Å². The fourth-order valence-corrected chi connectivity index (χ4v) is 2.33. The predicted molar refractivity (Wildman–Crippen MR) is 114 cm³/mol. The van der Waals surface area contributed by atoms with Crippen LogP contribution in [0.25, 0.3) is 0 Å². The Hall–Kier alpha value is -1.81. The highest BCUT2D eigenvalue weighted by Gasteiger charge is 2.06. The van der Waals surface area contributed by atoms with Gasteiger partial charge in [-0.1, -0.05) is 12.1 Å². The lowest BCUT2D eigenvalue weighted by molar-refractivity contribution is 0.145. The number of guanidine groups is 1. The molecule has 2 aromatic rings. The molecule has 1 heterocycles. The number of halogens is 1. The van der Waals surface area contributed by atoms with Crippen LogP contribution >= 0.6 is 24.0 Å². The first-order chi connectivity index (χ1) is 12.1. The van der Waals surface area contributed by atoms with Gasteiger partial charge in [-0.05, 0) is 18.6 Å². The molecule has 0 unspecified atom stereocenters. The maximum Gasteiger partial charge on any atom is 0.191 e. The van der Waals surface area contributed by atoms with Gasteiger partial charge in [0.15, 0.2) is 5.96 Å². The molecule has 0 aliphatic rings. The van der Waals surface area contributed by atoms with Crippen LogP contribution in [0.3, 0.4) is 0 Å². The van der Waals surface area contributed by atoms with Crippen molar-refractivity contribution in [3.63, 3.8) is 0 Å². The minimum Gasteiger partial charge on any atom is -0.491 e. The maximum absolute atomic E-state index is 5.82. The average Bonchev–Trinajstić information content (AvgIpc) is 3.02. The molecule has 0 bridgehead atoms. The summed E-state index contributed by atoms with van der Waals surface area (Å²) in [5.41, 5.74) is 3.34. The van der Waals surface area contributed by atoms with Gasteiger partial charge in [0.05, 0.1) is 12.8 Å². The molecule has 0 aliphatic heterocycles. The fourth-order valence-electron chi connectivity index (χ4n) is 2.33. The molecule has 0 atom stereocenters. The Morgan fingerprint density at radius 2 is 2.00 bits per heavy atom. The molecule has 7 nitrogen and oxygen atoms in total. The predicted octanol–water partition coefficient (Wildman–Crippen LogP) is 2.24. The smallest absolute Gasteiger partial charge is 0.191 e. The van der Waals surface area contributed by atoms with Crippen LogP contribution in [0.15, 0.2) is 35.6 Å². The van der Waals surface area contributed by atoms with Crippen LogP contribution in [0, 0.1) is 6.92 Å². The first-order valence-corrected chi connectivity index (χ1v) is 8.25. The first-order valence-electron chi connectivity index (χ1n) is 8.25. The number of rotatable bonds is 8. The van der Waals surface area contributed by atoms with E-state index in [0.717, 1.165) is 28.4 Å². The van der Waals surface area contributed by atoms with E-state index in [1.54, 1.807) is 18.8 Å². The lowest BCUT2D eigenvalue weighted by Crippen LogP contribution is -2.36. The van der Waals surface area contributed by atoms with Crippen molar-refractivity contribution in [1.29, 1.82) is 0 Å². The molecule has 0 fully saturated rings. The summed E-state index contributed by atoms with van der Waals surface area (Å²) < 4.78 is 12.6. The summed E-state index contributed by atoms with van der Waals surface area (Å²) in [6.07, 6.45) is 3.81. The van der Waals surface area contributed by atoms with Gasteiger partial charge >= 0.3 is 0 Å². The van der Waals surface area contributed by atoms with Crippen LogP contribution < -0.4 is 15.4 Å². The van der Waals surface area contributed by atoms with Crippen molar-refractivity contribution in [2.45, 2.75) is 20.0 Å². The summed E-state index contributed by atoms with van der Waals surface area (Å²) in [5, 5.41) is 10.7. The van der Waals surface area contributed by atoms with Gasteiger partial charge in [-0.25, -0.2) is 0 Å². The van der Waals surface area contributed by atoms with Gasteiger partial charge in [-0.15, -0.1) is 24.0 Å². The zero-order chi connectivity index (χ0) is 18.1. The SMILES string of the molecule is CN=C(NCc1cnn(C)c1)NCc1ccc(C)cc1OCCOC.I. The molecule has 0 saturated carbocycles. The molecule has 2 rings (SSSR count). The zero-order valence-corrected chi connectivity index (χ0v) is 18.1. The number of nitrogens with one attached hydrogen (secondary N) is 2. The third-order valence-corrected chi connectivity index (χ3v) is 3.66. The van der Waals surface area contributed by atoms with Crippen molar-refractivity contribution in [3.05, 3.63) is 47.3 Å². The van der Waals surface area contributed by atoms with Crippen molar-refractivity contribution >= 4 is 29.9 Å². The molecule has 2 N–H and O–H groups in total. The summed E-state index contributed by atoms with van der Waals surface area (Å²) in [6.45, 7) is 4.43. The number of ether oxygens (including phenoxy) is 2. The number of hydrogen-bond donors (Lipinski definition) is 2. The summed E-state index contributed by atoms with van der Waals surface area (Å²) in [5.74, 6) is 1.60. The molecular formula is C18H28IN5O2. The highest BCUT2D eigenvalue weighted by atomic mass is 127. The molecule has 8 heteroatoms. The van der Waals surface area contributed by atoms with Gasteiger partial charge in [0.25, 0.3) is 0 Å². The van der Waals surface area contributed by atoms with E-state index < -0.39 is 0 Å². The number of benzene rings is 1. The number of methoxy groups -OCH3 is 1. The molecule has 26 heavy (non-hydrogen) atoms. The van der Waals surface area contributed by atoms with Crippen LogP contribution in [0.2, 0.25) is 0 Å². The van der Waals surface area contributed by atoms with Gasteiger partial charge in [0, 0.05) is 51.6 Å². The highest BCUT2D eigenvalue weighted by molar-refractivity contribution is 14.0. The Balaban J connectivity index is 0.00000338. The third-order valence-electron chi connectivity index (χ3n) is 3.66. The van der Waals surface area contributed by atoms with Crippen molar-refractivity contribution in [3.8, 4) is 5.75 Å². The van der Waals surface area contributed by atoms with Crippen molar-refractivity contribution in [2.75, 3.05) is 27.4 Å². The van der Waals surface area contributed by atoms with Gasteiger partial charge < -0.3 is 20.1 Å². The van der Waals surface area contributed by atoms with Crippen LogP contribution in [0.5, 0.6) is 5.75 Å².